The van der Waals surface area contributed by atoms with Gasteiger partial charge in [-0.25, -0.2) is 0 Å². The molecule has 0 heterocycles. The number of nitrogens with one attached hydrogen (secondary N) is 1. The first kappa shape index (κ1) is 17.3. The zero-order valence-corrected chi connectivity index (χ0v) is 14.6. The summed E-state index contributed by atoms with van der Waals surface area (Å²) in [7, 11) is 0. The largest absolute Gasteiger partial charge is 0.493 e. The molecule has 4 heteroatoms. The highest BCUT2D eigenvalue weighted by Gasteiger charge is 2.32. The molecule has 2 saturated carbocycles. The Morgan fingerprint density at radius 1 is 1.21 bits per heavy atom. The van der Waals surface area contributed by atoms with Crippen LogP contribution in [0, 0.1) is 11.3 Å². The van der Waals surface area contributed by atoms with E-state index in [0.717, 1.165) is 36.7 Å². The Kier molecular flexibility index (Phi) is 5.77. The van der Waals surface area contributed by atoms with E-state index in [-0.39, 0.29) is 11.3 Å². The topological polar surface area (TPSA) is 64.4 Å². The van der Waals surface area contributed by atoms with Crippen LogP contribution < -0.4 is 15.8 Å². The molecular formula is C20H30N2O2. The van der Waals surface area contributed by atoms with Crippen LogP contribution in [-0.4, -0.2) is 19.1 Å². The lowest BCUT2D eigenvalue weighted by Gasteiger charge is -2.35. The van der Waals surface area contributed by atoms with E-state index in [9.17, 15) is 4.79 Å². The van der Waals surface area contributed by atoms with Gasteiger partial charge in [0.15, 0.2) is 0 Å². The lowest BCUT2D eigenvalue weighted by Crippen LogP contribution is -2.38. The molecule has 2 fully saturated rings. The molecule has 3 rings (SSSR count). The van der Waals surface area contributed by atoms with Crippen molar-refractivity contribution in [3.63, 3.8) is 0 Å². The first-order valence-corrected chi connectivity index (χ1v) is 9.38. The fourth-order valence-corrected chi connectivity index (χ4v) is 3.63. The molecule has 2 aliphatic carbocycles. The summed E-state index contributed by atoms with van der Waals surface area (Å²) < 4.78 is 5.91. The van der Waals surface area contributed by atoms with Crippen LogP contribution >= 0.6 is 0 Å². The van der Waals surface area contributed by atoms with Gasteiger partial charge in [-0.2, -0.15) is 0 Å². The predicted molar refractivity (Wildman–Crippen MR) is 95.7 cm³/mol. The summed E-state index contributed by atoms with van der Waals surface area (Å²) in [4.78, 5) is 12.4. The van der Waals surface area contributed by atoms with Crippen LogP contribution in [0.1, 0.15) is 56.9 Å². The van der Waals surface area contributed by atoms with E-state index in [4.69, 9.17) is 10.5 Å². The SMILES string of the molecule is NCC1(CC(=O)NCc2ccccc2OCC2CC2)CCCCC1. The molecule has 0 radical (unpaired) electrons. The number of hydrogen-bond donors (Lipinski definition) is 2. The van der Waals surface area contributed by atoms with Crippen LogP contribution in [0.15, 0.2) is 24.3 Å². The highest BCUT2D eigenvalue weighted by Crippen LogP contribution is 2.38. The standard InChI is InChI=1S/C20H30N2O2/c21-15-20(10-4-1-5-11-20)12-19(23)22-13-17-6-2-3-7-18(17)24-14-16-8-9-16/h2-3,6-7,16H,1,4-5,8-15,21H2,(H,22,23). The van der Waals surface area contributed by atoms with Crippen LogP contribution in [0.5, 0.6) is 5.75 Å². The molecule has 0 atom stereocenters. The molecular weight excluding hydrogens is 300 g/mol. The molecule has 2 aliphatic rings. The van der Waals surface area contributed by atoms with Crippen molar-refractivity contribution in [3.8, 4) is 5.75 Å². The summed E-state index contributed by atoms with van der Waals surface area (Å²) in [6.07, 6.45) is 8.93. The Morgan fingerprint density at radius 3 is 2.67 bits per heavy atom. The van der Waals surface area contributed by atoms with Gasteiger partial charge in [0.1, 0.15) is 5.75 Å². The molecule has 0 aromatic heterocycles. The highest BCUT2D eigenvalue weighted by atomic mass is 16.5. The van der Waals surface area contributed by atoms with E-state index in [1.165, 1.54) is 32.1 Å². The molecule has 0 aliphatic heterocycles. The molecule has 24 heavy (non-hydrogen) atoms. The van der Waals surface area contributed by atoms with Gasteiger partial charge in [-0.1, -0.05) is 37.5 Å². The van der Waals surface area contributed by atoms with Crippen molar-refractivity contribution in [1.29, 1.82) is 0 Å². The van der Waals surface area contributed by atoms with Crippen LogP contribution in [0.25, 0.3) is 0 Å². The Labute approximate surface area is 145 Å². The Balaban J connectivity index is 1.51. The average molecular weight is 330 g/mol. The fourth-order valence-electron chi connectivity index (χ4n) is 3.63. The van der Waals surface area contributed by atoms with Gasteiger partial charge in [0.2, 0.25) is 5.91 Å². The monoisotopic (exact) mass is 330 g/mol. The van der Waals surface area contributed by atoms with E-state index in [1.807, 2.05) is 24.3 Å². The van der Waals surface area contributed by atoms with Gasteiger partial charge in [0.25, 0.3) is 0 Å². The summed E-state index contributed by atoms with van der Waals surface area (Å²) in [6.45, 7) is 1.93. The smallest absolute Gasteiger partial charge is 0.220 e. The van der Waals surface area contributed by atoms with Crippen molar-refractivity contribution in [1.82, 2.24) is 5.32 Å². The molecule has 3 N–H and O–H groups in total. The van der Waals surface area contributed by atoms with Crippen molar-refractivity contribution < 1.29 is 9.53 Å². The maximum absolute atomic E-state index is 12.4. The summed E-state index contributed by atoms with van der Waals surface area (Å²) >= 11 is 0. The molecule has 1 aromatic rings. The van der Waals surface area contributed by atoms with Crippen LogP contribution in [0.4, 0.5) is 0 Å². The quantitative estimate of drug-likeness (QED) is 0.768. The van der Waals surface area contributed by atoms with Gasteiger partial charge in [-0.05, 0) is 49.6 Å². The van der Waals surface area contributed by atoms with Crippen molar-refractivity contribution >= 4 is 5.91 Å². The van der Waals surface area contributed by atoms with Crippen molar-refractivity contribution in [2.75, 3.05) is 13.2 Å². The van der Waals surface area contributed by atoms with Gasteiger partial charge >= 0.3 is 0 Å². The number of benzene rings is 1. The van der Waals surface area contributed by atoms with Crippen molar-refractivity contribution in [2.24, 2.45) is 17.1 Å². The van der Waals surface area contributed by atoms with Gasteiger partial charge in [0, 0.05) is 18.5 Å². The highest BCUT2D eigenvalue weighted by molar-refractivity contribution is 5.76. The van der Waals surface area contributed by atoms with Crippen LogP contribution in [0.2, 0.25) is 0 Å². The second kappa shape index (κ2) is 8.02. The number of carbonyl (C=O) groups is 1. The van der Waals surface area contributed by atoms with E-state index in [2.05, 4.69) is 5.32 Å². The molecule has 4 nitrogen and oxygen atoms in total. The van der Waals surface area contributed by atoms with Gasteiger partial charge < -0.3 is 15.8 Å². The minimum Gasteiger partial charge on any atom is -0.493 e. The maximum atomic E-state index is 12.4. The van der Waals surface area contributed by atoms with E-state index < -0.39 is 0 Å². The molecule has 1 aromatic carbocycles. The fraction of sp³-hybridized carbons (Fsp3) is 0.650. The average Bonchev–Trinajstić information content (AvgIpc) is 3.44. The minimum absolute atomic E-state index is 0.0182. The zero-order valence-electron chi connectivity index (χ0n) is 14.6. The number of hydrogen-bond acceptors (Lipinski definition) is 3. The van der Waals surface area contributed by atoms with Crippen LogP contribution in [0.3, 0.4) is 0 Å². The number of rotatable bonds is 8. The number of carbonyl (C=O) groups excluding carboxylic acids is 1. The van der Waals surface area contributed by atoms with Crippen LogP contribution in [-0.2, 0) is 11.3 Å². The molecule has 1 amide bonds. The number of ether oxygens (including phenoxy) is 1. The molecule has 0 bridgehead atoms. The second-order valence-corrected chi connectivity index (χ2v) is 7.58. The number of nitrogens with two attached hydrogens (primary N) is 1. The third-order valence-corrected chi connectivity index (χ3v) is 5.50. The molecule has 0 saturated heterocycles. The molecule has 132 valence electrons. The lowest BCUT2D eigenvalue weighted by atomic mass is 9.71. The summed E-state index contributed by atoms with van der Waals surface area (Å²) in [5, 5.41) is 3.07. The summed E-state index contributed by atoms with van der Waals surface area (Å²) in [5.41, 5.74) is 7.06. The van der Waals surface area contributed by atoms with E-state index >= 15 is 0 Å². The summed E-state index contributed by atoms with van der Waals surface area (Å²) in [6, 6.07) is 8.00. The number of amides is 1. The normalized spacial score (nSPS) is 19.7. The predicted octanol–water partition coefficient (Wildman–Crippen LogP) is 3.39. The van der Waals surface area contributed by atoms with Crippen molar-refractivity contribution in [3.05, 3.63) is 29.8 Å². The van der Waals surface area contributed by atoms with Gasteiger partial charge in [0.05, 0.1) is 6.61 Å². The Hall–Kier alpha value is -1.55. The van der Waals surface area contributed by atoms with E-state index in [1.54, 1.807) is 0 Å². The number of para-hydroxylation sites is 1. The zero-order chi connectivity index (χ0) is 16.8. The van der Waals surface area contributed by atoms with E-state index in [0.29, 0.717) is 19.5 Å². The first-order chi connectivity index (χ1) is 11.7. The molecule has 0 spiro atoms. The Bertz CT molecular complexity index is 548. The Morgan fingerprint density at radius 2 is 1.96 bits per heavy atom. The molecule has 0 unspecified atom stereocenters. The van der Waals surface area contributed by atoms with Gasteiger partial charge in [-0.3, -0.25) is 4.79 Å². The second-order valence-electron chi connectivity index (χ2n) is 7.58. The minimum atomic E-state index is 0.0182. The van der Waals surface area contributed by atoms with Crippen molar-refractivity contribution in [2.45, 2.75) is 57.9 Å². The first-order valence-electron chi connectivity index (χ1n) is 9.38. The lowest BCUT2D eigenvalue weighted by molar-refractivity contribution is -0.124. The summed E-state index contributed by atoms with van der Waals surface area (Å²) in [5.74, 6) is 1.73. The maximum Gasteiger partial charge on any atom is 0.220 e. The van der Waals surface area contributed by atoms with Gasteiger partial charge in [-0.15, -0.1) is 0 Å². The third-order valence-electron chi connectivity index (χ3n) is 5.50. The third kappa shape index (κ3) is 4.73.